The fourth-order valence-electron chi connectivity index (χ4n) is 2.91. The summed E-state index contributed by atoms with van der Waals surface area (Å²) < 4.78 is 5.36. The summed E-state index contributed by atoms with van der Waals surface area (Å²) >= 11 is 6.12. The van der Waals surface area contributed by atoms with Gasteiger partial charge in [0.05, 0.1) is 23.8 Å². The van der Waals surface area contributed by atoms with Gasteiger partial charge in [0.15, 0.2) is 0 Å². The number of halogens is 1. The Morgan fingerprint density at radius 1 is 1.33 bits per heavy atom. The maximum Gasteiger partial charge on any atom is 0.319 e. The van der Waals surface area contributed by atoms with Gasteiger partial charge in [0.1, 0.15) is 5.75 Å². The van der Waals surface area contributed by atoms with E-state index in [1.165, 1.54) is 0 Å². The lowest BCUT2D eigenvalue weighted by atomic mass is 10.1. The first-order valence-corrected chi connectivity index (χ1v) is 8.22. The smallest absolute Gasteiger partial charge is 0.319 e. The zero-order chi connectivity index (χ0) is 17.1. The third-order valence-corrected chi connectivity index (χ3v) is 4.28. The molecule has 5 nitrogen and oxygen atoms in total. The molecule has 6 heteroatoms. The molecule has 1 aliphatic rings. The van der Waals surface area contributed by atoms with E-state index in [4.69, 9.17) is 16.3 Å². The van der Waals surface area contributed by atoms with Crippen LogP contribution in [0.15, 0.2) is 42.5 Å². The summed E-state index contributed by atoms with van der Waals surface area (Å²) in [4.78, 5) is 12.2. The van der Waals surface area contributed by atoms with Crippen LogP contribution in [0.3, 0.4) is 0 Å². The number of carbonyl (C=O) groups is 1. The molecule has 3 rings (SSSR count). The number of aliphatic hydroxyl groups excluding tert-OH is 1. The Bertz CT molecular complexity index is 751. The van der Waals surface area contributed by atoms with Gasteiger partial charge in [-0.05, 0) is 36.2 Å². The monoisotopic (exact) mass is 346 g/mol. The average molecular weight is 347 g/mol. The topological polar surface area (TPSA) is 70.6 Å². The van der Waals surface area contributed by atoms with Crippen molar-refractivity contribution in [2.45, 2.75) is 25.5 Å². The number of fused-ring (bicyclic) bond motifs is 1. The second kappa shape index (κ2) is 7.11. The molecule has 0 unspecified atom stereocenters. The first-order valence-electron chi connectivity index (χ1n) is 7.84. The van der Waals surface area contributed by atoms with Gasteiger partial charge in [-0.2, -0.15) is 0 Å². The molecule has 126 valence electrons. The molecule has 2 aromatic rings. The Morgan fingerprint density at radius 3 is 2.88 bits per heavy atom. The SMILES string of the molecule is CCOc1ccc(NC(=O)N[C@@H]2c3ccccc3C[C@@H]2O)cc1Cl. The molecule has 2 amide bonds. The van der Waals surface area contributed by atoms with Crippen LogP contribution < -0.4 is 15.4 Å². The van der Waals surface area contributed by atoms with E-state index in [1.54, 1.807) is 18.2 Å². The highest BCUT2D eigenvalue weighted by Gasteiger charge is 2.31. The van der Waals surface area contributed by atoms with Crippen LogP contribution in [0.25, 0.3) is 0 Å². The van der Waals surface area contributed by atoms with Gasteiger partial charge < -0.3 is 20.5 Å². The van der Waals surface area contributed by atoms with Gasteiger partial charge in [-0.3, -0.25) is 0 Å². The third kappa shape index (κ3) is 3.47. The van der Waals surface area contributed by atoms with Crippen molar-refractivity contribution in [1.29, 1.82) is 0 Å². The number of anilines is 1. The van der Waals surface area contributed by atoms with E-state index in [1.807, 2.05) is 31.2 Å². The molecule has 0 heterocycles. The normalized spacial score (nSPS) is 18.8. The molecule has 2 aromatic carbocycles. The van der Waals surface area contributed by atoms with Crippen LogP contribution in [0.5, 0.6) is 5.75 Å². The molecule has 0 spiro atoms. The van der Waals surface area contributed by atoms with Crippen LogP contribution in [-0.4, -0.2) is 23.8 Å². The van der Waals surface area contributed by atoms with E-state index in [0.29, 0.717) is 29.5 Å². The lowest BCUT2D eigenvalue weighted by Gasteiger charge is -2.18. The molecular formula is C18H19ClN2O3. The quantitative estimate of drug-likeness (QED) is 0.793. The number of aliphatic hydroxyl groups is 1. The van der Waals surface area contributed by atoms with Crippen LogP contribution in [0.4, 0.5) is 10.5 Å². The van der Waals surface area contributed by atoms with Crippen molar-refractivity contribution in [3.05, 3.63) is 58.6 Å². The molecule has 0 bridgehead atoms. The minimum Gasteiger partial charge on any atom is -0.492 e. The highest BCUT2D eigenvalue weighted by atomic mass is 35.5. The number of hydrogen-bond donors (Lipinski definition) is 3. The molecule has 3 N–H and O–H groups in total. The molecule has 0 aromatic heterocycles. The fourth-order valence-corrected chi connectivity index (χ4v) is 3.14. The first-order chi connectivity index (χ1) is 11.6. The van der Waals surface area contributed by atoms with E-state index in [0.717, 1.165) is 11.1 Å². The van der Waals surface area contributed by atoms with Gasteiger partial charge >= 0.3 is 6.03 Å². The summed E-state index contributed by atoms with van der Waals surface area (Å²) in [5.41, 5.74) is 2.56. The standard InChI is InChI=1S/C18H19ClN2O3/c1-2-24-16-8-7-12(10-14(16)19)20-18(23)21-17-13-6-4-3-5-11(13)9-15(17)22/h3-8,10,15,17,22H,2,9H2,1H3,(H2,20,21,23)/t15-,17+/m0/s1. The van der Waals surface area contributed by atoms with Gasteiger partial charge in [0.25, 0.3) is 0 Å². The van der Waals surface area contributed by atoms with Crippen molar-refractivity contribution in [2.24, 2.45) is 0 Å². The van der Waals surface area contributed by atoms with Crippen LogP contribution in [0, 0.1) is 0 Å². The maximum atomic E-state index is 12.2. The summed E-state index contributed by atoms with van der Waals surface area (Å²) in [7, 11) is 0. The Balaban J connectivity index is 1.67. The van der Waals surface area contributed by atoms with E-state index >= 15 is 0 Å². The van der Waals surface area contributed by atoms with E-state index in [9.17, 15) is 9.90 Å². The van der Waals surface area contributed by atoms with Crippen LogP contribution in [0.1, 0.15) is 24.1 Å². The van der Waals surface area contributed by atoms with Crippen molar-refractivity contribution >= 4 is 23.3 Å². The largest absolute Gasteiger partial charge is 0.492 e. The lowest BCUT2D eigenvalue weighted by Crippen LogP contribution is -2.36. The van der Waals surface area contributed by atoms with Crippen molar-refractivity contribution in [1.82, 2.24) is 5.32 Å². The number of amides is 2. The fraction of sp³-hybridized carbons (Fsp3) is 0.278. The van der Waals surface area contributed by atoms with E-state index in [2.05, 4.69) is 10.6 Å². The molecule has 24 heavy (non-hydrogen) atoms. The minimum absolute atomic E-state index is 0.393. The number of nitrogens with one attached hydrogen (secondary N) is 2. The number of rotatable bonds is 4. The zero-order valence-electron chi connectivity index (χ0n) is 13.3. The number of hydrogen-bond acceptors (Lipinski definition) is 3. The molecule has 0 saturated carbocycles. The lowest BCUT2D eigenvalue weighted by molar-refractivity contribution is 0.144. The molecule has 0 radical (unpaired) electrons. The average Bonchev–Trinajstić information content (AvgIpc) is 2.86. The predicted octanol–water partition coefficient (Wildman–Crippen LogP) is 3.52. The Labute approximate surface area is 145 Å². The second-order valence-corrected chi connectivity index (χ2v) is 6.03. The van der Waals surface area contributed by atoms with E-state index < -0.39 is 18.2 Å². The van der Waals surface area contributed by atoms with Crippen molar-refractivity contribution < 1.29 is 14.6 Å². The van der Waals surface area contributed by atoms with Crippen LogP contribution >= 0.6 is 11.6 Å². The van der Waals surface area contributed by atoms with Crippen molar-refractivity contribution in [2.75, 3.05) is 11.9 Å². The number of urea groups is 1. The Hall–Kier alpha value is -2.24. The Morgan fingerprint density at radius 2 is 2.12 bits per heavy atom. The molecular weight excluding hydrogens is 328 g/mol. The third-order valence-electron chi connectivity index (χ3n) is 3.98. The summed E-state index contributed by atoms with van der Waals surface area (Å²) in [6.07, 6.45) is -0.0900. The number of ether oxygens (including phenoxy) is 1. The number of carbonyl (C=O) groups excluding carboxylic acids is 1. The Kier molecular flexibility index (Phi) is 4.92. The summed E-state index contributed by atoms with van der Waals surface area (Å²) in [5, 5.41) is 16.2. The number of benzene rings is 2. The summed E-state index contributed by atoms with van der Waals surface area (Å²) in [6, 6.07) is 12.0. The van der Waals surface area contributed by atoms with Gasteiger partial charge in [0, 0.05) is 12.1 Å². The molecule has 0 saturated heterocycles. The molecule has 1 aliphatic carbocycles. The summed E-state index contributed by atoms with van der Waals surface area (Å²) in [5.74, 6) is 0.574. The van der Waals surface area contributed by atoms with Gasteiger partial charge in [-0.15, -0.1) is 0 Å². The van der Waals surface area contributed by atoms with E-state index in [-0.39, 0.29) is 0 Å². The van der Waals surface area contributed by atoms with Gasteiger partial charge in [0.2, 0.25) is 0 Å². The van der Waals surface area contributed by atoms with Crippen LogP contribution in [-0.2, 0) is 6.42 Å². The minimum atomic E-state index is -0.628. The molecule has 0 aliphatic heterocycles. The first kappa shape index (κ1) is 16.6. The van der Waals surface area contributed by atoms with Crippen molar-refractivity contribution in [3.63, 3.8) is 0 Å². The van der Waals surface area contributed by atoms with Crippen LogP contribution in [0.2, 0.25) is 5.02 Å². The highest BCUT2D eigenvalue weighted by Crippen LogP contribution is 2.31. The van der Waals surface area contributed by atoms with Crippen molar-refractivity contribution in [3.8, 4) is 5.75 Å². The van der Waals surface area contributed by atoms with Gasteiger partial charge in [-0.1, -0.05) is 35.9 Å². The molecule has 0 fully saturated rings. The van der Waals surface area contributed by atoms with Gasteiger partial charge in [-0.25, -0.2) is 4.79 Å². The predicted molar refractivity (Wildman–Crippen MR) is 93.7 cm³/mol. The second-order valence-electron chi connectivity index (χ2n) is 5.62. The maximum absolute atomic E-state index is 12.2. The summed E-state index contributed by atoms with van der Waals surface area (Å²) in [6.45, 7) is 2.40. The highest BCUT2D eigenvalue weighted by molar-refractivity contribution is 6.32. The zero-order valence-corrected chi connectivity index (χ0v) is 14.0. The molecule has 2 atom stereocenters.